The van der Waals surface area contributed by atoms with E-state index in [9.17, 15) is 4.79 Å². The molecule has 4 aliphatic rings. The lowest BCUT2D eigenvalue weighted by Crippen LogP contribution is -2.46. The molecule has 7 atom stereocenters. The maximum absolute atomic E-state index is 12.4. The standard InChI is InChI=1S/C16H26N2O2/c17-8-10-4-5-15(20-10)16(19)18-14-7-9-6-13(14)12-3-1-2-11(9)12/h9-15H,1-8,17H2,(H,18,19)/t9?,10-,11?,12?,13?,14?,15+/m1/s1. The highest BCUT2D eigenvalue weighted by Crippen LogP contribution is 2.58. The zero-order valence-corrected chi connectivity index (χ0v) is 12.1. The third kappa shape index (κ3) is 2.00. The minimum Gasteiger partial charge on any atom is -0.364 e. The first-order chi connectivity index (χ1) is 9.76. The Morgan fingerprint density at radius 2 is 1.95 bits per heavy atom. The lowest BCUT2D eigenvalue weighted by Gasteiger charge is -2.32. The molecule has 4 heteroatoms. The van der Waals surface area contributed by atoms with Gasteiger partial charge in [-0.25, -0.2) is 0 Å². The van der Waals surface area contributed by atoms with Crippen LogP contribution in [0.2, 0.25) is 0 Å². The van der Waals surface area contributed by atoms with Crippen LogP contribution in [-0.4, -0.2) is 30.7 Å². The van der Waals surface area contributed by atoms with Crippen molar-refractivity contribution >= 4 is 5.91 Å². The molecule has 1 amide bonds. The average Bonchev–Trinajstić information content (AvgIpc) is 3.19. The first-order valence-electron chi connectivity index (χ1n) is 8.42. The second-order valence-corrected chi connectivity index (χ2v) is 7.33. The van der Waals surface area contributed by atoms with Crippen LogP contribution in [0.5, 0.6) is 0 Å². The molecule has 112 valence electrons. The summed E-state index contributed by atoms with van der Waals surface area (Å²) in [4.78, 5) is 12.4. The zero-order chi connectivity index (χ0) is 13.7. The minimum atomic E-state index is -0.248. The van der Waals surface area contributed by atoms with Crippen LogP contribution in [0.25, 0.3) is 0 Å². The number of hydrogen-bond acceptors (Lipinski definition) is 3. The second kappa shape index (κ2) is 4.99. The normalized spacial score (nSPS) is 49.5. The van der Waals surface area contributed by atoms with E-state index in [1.54, 1.807) is 0 Å². The van der Waals surface area contributed by atoms with E-state index in [1.165, 1.54) is 32.1 Å². The molecule has 1 saturated heterocycles. The molecule has 0 aromatic heterocycles. The Morgan fingerprint density at radius 1 is 1.10 bits per heavy atom. The summed E-state index contributed by atoms with van der Waals surface area (Å²) in [5.41, 5.74) is 5.61. The topological polar surface area (TPSA) is 64.4 Å². The number of amides is 1. The largest absolute Gasteiger partial charge is 0.364 e. The highest BCUT2D eigenvalue weighted by molar-refractivity contribution is 5.81. The van der Waals surface area contributed by atoms with Crippen LogP contribution in [0.1, 0.15) is 44.9 Å². The van der Waals surface area contributed by atoms with Crippen molar-refractivity contribution in [2.24, 2.45) is 29.4 Å². The van der Waals surface area contributed by atoms with Crippen molar-refractivity contribution in [2.45, 2.75) is 63.2 Å². The fourth-order valence-electron chi connectivity index (χ4n) is 5.58. The van der Waals surface area contributed by atoms with Gasteiger partial charge in [-0.2, -0.15) is 0 Å². The fourth-order valence-corrected chi connectivity index (χ4v) is 5.58. The molecule has 3 aliphatic carbocycles. The molecule has 3 N–H and O–H groups in total. The van der Waals surface area contributed by atoms with Crippen LogP contribution in [0, 0.1) is 23.7 Å². The number of hydrogen-bond donors (Lipinski definition) is 2. The summed E-state index contributed by atoms with van der Waals surface area (Å²) in [5.74, 6) is 3.65. The van der Waals surface area contributed by atoms with Gasteiger partial charge in [-0.1, -0.05) is 6.42 Å². The number of carbonyl (C=O) groups excluding carboxylic acids is 1. The minimum absolute atomic E-state index is 0.0880. The van der Waals surface area contributed by atoms with Crippen LogP contribution >= 0.6 is 0 Å². The molecule has 4 fully saturated rings. The highest BCUT2D eigenvalue weighted by atomic mass is 16.5. The van der Waals surface area contributed by atoms with Crippen molar-refractivity contribution in [1.29, 1.82) is 0 Å². The Morgan fingerprint density at radius 3 is 2.75 bits per heavy atom. The third-order valence-corrected chi connectivity index (χ3v) is 6.42. The van der Waals surface area contributed by atoms with Gasteiger partial charge in [-0.15, -0.1) is 0 Å². The molecular formula is C16H26N2O2. The molecule has 1 heterocycles. The lowest BCUT2D eigenvalue weighted by atomic mass is 9.79. The number of nitrogens with one attached hydrogen (secondary N) is 1. The lowest BCUT2D eigenvalue weighted by molar-refractivity contribution is -0.133. The monoisotopic (exact) mass is 278 g/mol. The number of rotatable bonds is 3. The van der Waals surface area contributed by atoms with Gasteiger partial charge < -0.3 is 15.8 Å². The summed E-state index contributed by atoms with van der Waals surface area (Å²) in [6.07, 6.45) is 8.42. The molecule has 4 rings (SSSR count). The number of nitrogens with two attached hydrogens (primary N) is 1. The van der Waals surface area contributed by atoms with Gasteiger partial charge in [0.1, 0.15) is 6.10 Å². The van der Waals surface area contributed by atoms with Crippen molar-refractivity contribution in [3.8, 4) is 0 Å². The van der Waals surface area contributed by atoms with Gasteiger partial charge in [0.05, 0.1) is 6.10 Å². The van der Waals surface area contributed by atoms with Gasteiger partial charge in [-0.05, 0) is 62.2 Å². The molecule has 0 spiro atoms. The van der Waals surface area contributed by atoms with Crippen LogP contribution < -0.4 is 11.1 Å². The smallest absolute Gasteiger partial charge is 0.249 e. The van der Waals surface area contributed by atoms with E-state index in [0.29, 0.717) is 12.6 Å². The zero-order valence-electron chi connectivity index (χ0n) is 12.1. The number of fused-ring (bicyclic) bond motifs is 5. The predicted octanol–water partition coefficient (Wildman–Crippen LogP) is 1.43. The van der Waals surface area contributed by atoms with Gasteiger partial charge in [-0.3, -0.25) is 4.79 Å². The van der Waals surface area contributed by atoms with E-state index in [0.717, 1.165) is 36.5 Å². The molecule has 5 unspecified atom stereocenters. The number of carbonyl (C=O) groups is 1. The van der Waals surface area contributed by atoms with Gasteiger partial charge in [0, 0.05) is 12.6 Å². The van der Waals surface area contributed by atoms with E-state index >= 15 is 0 Å². The van der Waals surface area contributed by atoms with E-state index in [1.807, 2.05) is 0 Å². The maximum atomic E-state index is 12.4. The van der Waals surface area contributed by atoms with Crippen LogP contribution in [0.15, 0.2) is 0 Å². The van der Waals surface area contributed by atoms with E-state index in [4.69, 9.17) is 10.5 Å². The van der Waals surface area contributed by atoms with Crippen LogP contribution in [-0.2, 0) is 9.53 Å². The predicted molar refractivity (Wildman–Crippen MR) is 75.9 cm³/mol. The van der Waals surface area contributed by atoms with Crippen molar-refractivity contribution in [3.63, 3.8) is 0 Å². The summed E-state index contributed by atoms with van der Waals surface area (Å²) in [7, 11) is 0. The molecule has 4 nitrogen and oxygen atoms in total. The molecule has 3 saturated carbocycles. The van der Waals surface area contributed by atoms with E-state index in [2.05, 4.69) is 5.32 Å². The summed E-state index contributed by atoms with van der Waals surface area (Å²) in [5, 5.41) is 3.30. The fraction of sp³-hybridized carbons (Fsp3) is 0.938. The Balaban J connectivity index is 1.35. The quantitative estimate of drug-likeness (QED) is 0.821. The Bertz CT molecular complexity index is 400. The van der Waals surface area contributed by atoms with Crippen molar-refractivity contribution in [3.05, 3.63) is 0 Å². The molecule has 2 bridgehead atoms. The third-order valence-electron chi connectivity index (χ3n) is 6.42. The molecule has 0 aromatic rings. The molecular weight excluding hydrogens is 252 g/mol. The molecule has 0 radical (unpaired) electrons. The van der Waals surface area contributed by atoms with Gasteiger partial charge in [0.25, 0.3) is 0 Å². The van der Waals surface area contributed by atoms with Gasteiger partial charge in [0.15, 0.2) is 0 Å². The number of ether oxygens (including phenoxy) is 1. The van der Waals surface area contributed by atoms with Crippen molar-refractivity contribution < 1.29 is 9.53 Å². The summed E-state index contributed by atoms with van der Waals surface area (Å²) in [6, 6.07) is 0.423. The molecule has 1 aliphatic heterocycles. The van der Waals surface area contributed by atoms with Gasteiger partial charge >= 0.3 is 0 Å². The molecule has 20 heavy (non-hydrogen) atoms. The van der Waals surface area contributed by atoms with E-state index < -0.39 is 0 Å². The Labute approximate surface area is 120 Å². The summed E-state index contributed by atoms with van der Waals surface area (Å²) >= 11 is 0. The van der Waals surface area contributed by atoms with Crippen molar-refractivity contribution in [1.82, 2.24) is 5.32 Å². The Hall–Kier alpha value is -0.610. The Kier molecular flexibility index (Phi) is 3.26. The van der Waals surface area contributed by atoms with Crippen molar-refractivity contribution in [2.75, 3.05) is 6.54 Å². The highest BCUT2D eigenvalue weighted by Gasteiger charge is 2.54. The first-order valence-corrected chi connectivity index (χ1v) is 8.42. The summed E-state index contributed by atoms with van der Waals surface area (Å²) < 4.78 is 5.71. The van der Waals surface area contributed by atoms with Crippen LogP contribution in [0.4, 0.5) is 0 Å². The van der Waals surface area contributed by atoms with E-state index in [-0.39, 0.29) is 18.1 Å². The molecule has 0 aromatic carbocycles. The SMILES string of the molecule is NC[C@H]1CC[C@@H](C(=O)NC2CC3CC2C2CCCC32)O1. The average molecular weight is 278 g/mol. The maximum Gasteiger partial charge on any atom is 0.249 e. The first kappa shape index (κ1) is 13.1. The van der Waals surface area contributed by atoms with Crippen LogP contribution in [0.3, 0.4) is 0 Å². The second-order valence-electron chi connectivity index (χ2n) is 7.33. The summed E-state index contributed by atoms with van der Waals surface area (Å²) in [6.45, 7) is 0.529. The van der Waals surface area contributed by atoms with Gasteiger partial charge in [0.2, 0.25) is 5.91 Å².